The summed E-state index contributed by atoms with van der Waals surface area (Å²) in [5.74, 6) is 0.439. The van der Waals surface area contributed by atoms with Gasteiger partial charge in [-0.05, 0) is 42.7 Å². The van der Waals surface area contributed by atoms with Gasteiger partial charge in [-0.1, -0.05) is 42.5 Å². The molecule has 0 aliphatic carbocycles. The Labute approximate surface area is 131 Å². The highest BCUT2D eigenvalue weighted by Gasteiger charge is 1.98. The maximum Gasteiger partial charge on any atom is 0.330 e. The van der Waals surface area contributed by atoms with Crippen LogP contribution in [0.3, 0.4) is 0 Å². The molecule has 0 heterocycles. The number of ether oxygens (including phenoxy) is 2. The van der Waals surface area contributed by atoms with Crippen LogP contribution in [0.5, 0.6) is 5.75 Å². The van der Waals surface area contributed by atoms with E-state index in [1.165, 1.54) is 17.2 Å². The third kappa shape index (κ3) is 5.44. The van der Waals surface area contributed by atoms with E-state index in [1.807, 2.05) is 30.3 Å². The van der Waals surface area contributed by atoms with Gasteiger partial charge in [0.25, 0.3) is 0 Å². The van der Waals surface area contributed by atoms with Gasteiger partial charge in [0.15, 0.2) is 0 Å². The molecule has 0 aliphatic rings. The van der Waals surface area contributed by atoms with Gasteiger partial charge in [0, 0.05) is 6.08 Å². The first kappa shape index (κ1) is 15.8. The number of carbonyl (C=O) groups is 1. The first-order valence-electron chi connectivity index (χ1n) is 7.37. The van der Waals surface area contributed by atoms with E-state index in [1.54, 1.807) is 13.0 Å². The molecule has 2 rings (SSSR count). The van der Waals surface area contributed by atoms with E-state index in [0.29, 0.717) is 13.2 Å². The Bertz CT molecular complexity index is 600. The summed E-state index contributed by atoms with van der Waals surface area (Å²) < 4.78 is 10.3. The van der Waals surface area contributed by atoms with Crippen molar-refractivity contribution in [3.63, 3.8) is 0 Å². The van der Waals surface area contributed by atoms with Crippen LogP contribution >= 0.6 is 0 Å². The van der Waals surface area contributed by atoms with Crippen molar-refractivity contribution in [2.75, 3.05) is 13.2 Å². The minimum atomic E-state index is -0.343. The minimum absolute atomic E-state index is 0.343. The van der Waals surface area contributed by atoms with E-state index in [-0.39, 0.29) is 5.97 Å². The van der Waals surface area contributed by atoms with Gasteiger partial charge in [0.1, 0.15) is 12.4 Å². The number of esters is 1. The van der Waals surface area contributed by atoms with Crippen molar-refractivity contribution in [2.24, 2.45) is 0 Å². The highest BCUT2D eigenvalue weighted by atomic mass is 16.5. The molecule has 0 aliphatic heterocycles. The van der Waals surface area contributed by atoms with Gasteiger partial charge in [0.2, 0.25) is 0 Å². The second-order valence-corrected chi connectivity index (χ2v) is 4.77. The lowest BCUT2D eigenvalue weighted by atomic mass is 10.1. The van der Waals surface area contributed by atoms with Gasteiger partial charge in [-0.25, -0.2) is 4.79 Å². The van der Waals surface area contributed by atoms with Crippen molar-refractivity contribution in [2.45, 2.75) is 13.3 Å². The van der Waals surface area contributed by atoms with Crippen molar-refractivity contribution in [3.8, 4) is 5.75 Å². The quantitative estimate of drug-likeness (QED) is 0.576. The van der Waals surface area contributed by atoms with Gasteiger partial charge in [0.05, 0.1) is 6.61 Å². The molecule has 2 aromatic carbocycles. The van der Waals surface area contributed by atoms with E-state index in [9.17, 15) is 4.79 Å². The van der Waals surface area contributed by atoms with Gasteiger partial charge in [-0.2, -0.15) is 0 Å². The molecule has 0 saturated carbocycles. The predicted molar refractivity (Wildman–Crippen MR) is 87.0 cm³/mol. The fourth-order valence-corrected chi connectivity index (χ4v) is 2.01. The molecule has 114 valence electrons. The molecule has 0 fully saturated rings. The van der Waals surface area contributed by atoms with Crippen molar-refractivity contribution in [1.82, 2.24) is 0 Å². The summed E-state index contributed by atoms with van der Waals surface area (Å²) in [5.41, 5.74) is 2.52. The largest absolute Gasteiger partial charge is 0.490 e. The lowest BCUT2D eigenvalue weighted by Gasteiger charge is -2.05. The van der Waals surface area contributed by atoms with E-state index in [2.05, 4.69) is 24.3 Å². The zero-order chi connectivity index (χ0) is 15.6. The second-order valence-electron chi connectivity index (χ2n) is 4.77. The zero-order valence-electron chi connectivity index (χ0n) is 12.7. The van der Waals surface area contributed by atoms with Crippen LogP contribution in [0.1, 0.15) is 18.1 Å². The molecule has 2 aromatic rings. The lowest BCUT2D eigenvalue weighted by Crippen LogP contribution is -2.01. The molecule has 0 aromatic heterocycles. The summed E-state index contributed by atoms with van der Waals surface area (Å²) in [6.45, 7) is 2.50. The van der Waals surface area contributed by atoms with Crippen LogP contribution in [0.2, 0.25) is 0 Å². The monoisotopic (exact) mass is 296 g/mol. The summed E-state index contributed by atoms with van der Waals surface area (Å²) in [6.07, 6.45) is 3.94. The van der Waals surface area contributed by atoms with E-state index < -0.39 is 0 Å². The number of rotatable bonds is 7. The smallest absolute Gasteiger partial charge is 0.330 e. The van der Waals surface area contributed by atoms with Gasteiger partial charge >= 0.3 is 5.97 Å². The average Bonchev–Trinajstić information content (AvgIpc) is 2.54. The van der Waals surface area contributed by atoms with Crippen LogP contribution in [-0.4, -0.2) is 19.2 Å². The Hall–Kier alpha value is -2.55. The fraction of sp³-hybridized carbons (Fsp3) is 0.211. The van der Waals surface area contributed by atoms with Gasteiger partial charge < -0.3 is 9.47 Å². The van der Waals surface area contributed by atoms with Crippen LogP contribution in [0.15, 0.2) is 66.7 Å². The highest BCUT2D eigenvalue weighted by Crippen LogP contribution is 2.15. The standard InChI is InChI=1S/C19H20O3/c1-2-21-19(20)9-6-14-22-18-12-10-17(11-13-18)15-16-7-4-3-5-8-16/h3-13H,2,14-15H2,1H3/b9-6+. The Morgan fingerprint density at radius 3 is 2.36 bits per heavy atom. The Balaban J connectivity index is 1.81. The third-order valence-electron chi connectivity index (χ3n) is 3.06. The Kier molecular flexibility index (Phi) is 6.24. The van der Waals surface area contributed by atoms with Crippen molar-refractivity contribution in [3.05, 3.63) is 77.9 Å². The molecule has 3 nitrogen and oxygen atoms in total. The van der Waals surface area contributed by atoms with Crippen molar-refractivity contribution in [1.29, 1.82) is 0 Å². The van der Waals surface area contributed by atoms with E-state index in [4.69, 9.17) is 9.47 Å². The molecule has 0 spiro atoms. The van der Waals surface area contributed by atoms with Crippen LogP contribution in [-0.2, 0) is 16.0 Å². The third-order valence-corrected chi connectivity index (χ3v) is 3.06. The van der Waals surface area contributed by atoms with Crippen LogP contribution in [0.25, 0.3) is 0 Å². The molecular formula is C19H20O3. The molecule has 22 heavy (non-hydrogen) atoms. The summed E-state index contributed by atoms with van der Waals surface area (Å²) >= 11 is 0. The molecule has 0 radical (unpaired) electrons. The van der Waals surface area contributed by atoms with E-state index >= 15 is 0 Å². The summed E-state index contributed by atoms with van der Waals surface area (Å²) in [5, 5.41) is 0. The number of benzene rings is 2. The molecule has 0 bridgehead atoms. The van der Waals surface area contributed by atoms with Crippen LogP contribution in [0.4, 0.5) is 0 Å². The minimum Gasteiger partial charge on any atom is -0.490 e. The molecule has 0 amide bonds. The Morgan fingerprint density at radius 2 is 1.68 bits per heavy atom. The number of carbonyl (C=O) groups excluding carboxylic acids is 1. The van der Waals surface area contributed by atoms with Crippen molar-refractivity contribution >= 4 is 5.97 Å². The highest BCUT2D eigenvalue weighted by molar-refractivity contribution is 5.81. The van der Waals surface area contributed by atoms with Crippen molar-refractivity contribution < 1.29 is 14.3 Å². The average molecular weight is 296 g/mol. The molecule has 3 heteroatoms. The molecule has 0 atom stereocenters. The first-order chi connectivity index (χ1) is 10.8. The molecule has 0 unspecified atom stereocenters. The second kappa shape index (κ2) is 8.67. The predicted octanol–water partition coefficient (Wildman–Crippen LogP) is 3.78. The fourth-order valence-electron chi connectivity index (χ4n) is 2.01. The summed E-state index contributed by atoms with van der Waals surface area (Å²) in [6, 6.07) is 18.3. The lowest BCUT2D eigenvalue weighted by molar-refractivity contribution is -0.137. The molecular weight excluding hydrogens is 276 g/mol. The van der Waals surface area contributed by atoms with Crippen LogP contribution < -0.4 is 4.74 Å². The maximum atomic E-state index is 11.1. The normalized spacial score (nSPS) is 10.6. The molecule has 0 saturated heterocycles. The summed E-state index contributed by atoms with van der Waals surface area (Å²) in [7, 11) is 0. The summed E-state index contributed by atoms with van der Waals surface area (Å²) in [4.78, 5) is 11.1. The first-order valence-corrected chi connectivity index (χ1v) is 7.37. The maximum absolute atomic E-state index is 11.1. The van der Waals surface area contributed by atoms with Gasteiger partial charge in [-0.3, -0.25) is 0 Å². The zero-order valence-corrected chi connectivity index (χ0v) is 12.7. The SMILES string of the molecule is CCOC(=O)/C=C/COc1ccc(Cc2ccccc2)cc1. The van der Waals surface area contributed by atoms with E-state index in [0.717, 1.165) is 12.2 Å². The number of hydrogen-bond acceptors (Lipinski definition) is 3. The van der Waals surface area contributed by atoms with Gasteiger partial charge in [-0.15, -0.1) is 0 Å². The number of hydrogen-bond donors (Lipinski definition) is 0. The topological polar surface area (TPSA) is 35.5 Å². The Morgan fingerprint density at radius 1 is 1.00 bits per heavy atom. The van der Waals surface area contributed by atoms with Crippen LogP contribution in [0, 0.1) is 0 Å². The molecule has 0 N–H and O–H groups in total.